The number of hydrogen-bond donors (Lipinski definition) is 2. The maximum Gasteiger partial charge on any atom is 0.326 e. The second-order valence-corrected chi connectivity index (χ2v) is 5.08. The summed E-state index contributed by atoms with van der Waals surface area (Å²) in [5.74, 6) is -0.780. The molecular weight excluding hydrogens is 270 g/mol. The van der Waals surface area contributed by atoms with Crippen molar-refractivity contribution in [1.82, 2.24) is 0 Å². The van der Waals surface area contributed by atoms with Crippen molar-refractivity contribution in [3.63, 3.8) is 0 Å². The lowest BCUT2D eigenvalue weighted by atomic mass is 10.0. The first-order valence-electron chi connectivity index (χ1n) is 5.17. The molecule has 1 aromatic rings. The predicted molar refractivity (Wildman–Crippen MR) is 68.8 cm³/mol. The van der Waals surface area contributed by atoms with Gasteiger partial charge in [-0.15, -0.1) is 0 Å². The van der Waals surface area contributed by atoms with Crippen molar-refractivity contribution >= 4 is 27.6 Å². The highest BCUT2D eigenvalue weighted by Gasteiger charge is 2.21. The van der Waals surface area contributed by atoms with Crippen LogP contribution in [-0.4, -0.2) is 17.1 Å². The average molecular weight is 286 g/mol. The molecule has 1 unspecified atom stereocenters. The first-order chi connectivity index (χ1) is 7.41. The smallest absolute Gasteiger partial charge is 0.326 e. The molecule has 88 valence electrons. The lowest BCUT2D eigenvalue weighted by molar-refractivity contribution is -0.138. The van der Waals surface area contributed by atoms with Crippen LogP contribution >= 0.6 is 15.9 Å². The van der Waals surface area contributed by atoms with Crippen LogP contribution < -0.4 is 5.32 Å². The molecule has 0 saturated carbocycles. The summed E-state index contributed by atoms with van der Waals surface area (Å²) in [5, 5.41) is 12.1. The Morgan fingerprint density at radius 1 is 1.44 bits per heavy atom. The summed E-state index contributed by atoms with van der Waals surface area (Å²) in [6.07, 6.45) is 0. The maximum absolute atomic E-state index is 11.1. The molecule has 16 heavy (non-hydrogen) atoms. The van der Waals surface area contributed by atoms with Crippen molar-refractivity contribution in [3.05, 3.63) is 28.2 Å². The molecule has 0 aromatic heterocycles. The van der Waals surface area contributed by atoms with Gasteiger partial charge in [0, 0.05) is 10.2 Å². The largest absolute Gasteiger partial charge is 0.480 e. The van der Waals surface area contributed by atoms with E-state index >= 15 is 0 Å². The van der Waals surface area contributed by atoms with Gasteiger partial charge in [0.2, 0.25) is 0 Å². The van der Waals surface area contributed by atoms with Gasteiger partial charge in [-0.05, 0) is 36.6 Å². The average Bonchev–Trinajstić information content (AvgIpc) is 2.15. The summed E-state index contributed by atoms with van der Waals surface area (Å²) in [6, 6.07) is 5.19. The van der Waals surface area contributed by atoms with E-state index < -0.39 is 12.0 Å². The molecule has 0 amide bonds. The van der Waals surface area contributed by atoms with Crippen molar-refractivity contribution in [2.45, 2.75) is 26.8 Å². The monoisotopic (exact) mass is 285 g/mol. The maximum atomic E-state index is 11.1. The Morgan fingerprint density at radius 2 is 2.06 bits per heavy atom. The van der Waals surface area contributed by atoms with Gasteiger partial charge in [0.15, 0.2) is 0 Å². The molecule has 0 saturated heterocycles. The Labute approximate surface area is 104 Å². The summed E-state index contributed by atoms with van der Waals surface area (Å²) >= 11 is 3.38. The molecule has 2 N–H and O–H groups in total. The Kier molecular flexibility index (Phi) is 4.35. The van der Waals surface area contributed by atoms with Gasteiger partial charge in [-0.3, -0.25) is 0 Å². The normalized spacial score (nSPS) is 12.6. The number of hydrogen-bond acceptors (Lipinski definition) is 2. The van der Waals surface area contributed by atoms with E-state index in [2.05, 4.69) is 21.2 Å². The van der Waals surface area contributed by atoms with Crippen molar-refractivity contribution in [1.29, 1.82) is 0 Å². The fourth-order valence-corrected chi connectivity index (χ4v) is 1.95. The number of halogens is 1. The van der Waals surface area contributed by atoms with Crippen LogP contribution in [0.1, 0.15) is 19.4 Å². The minimum atomic E-state index is -0.822. The highest BCUT2D eigenvalue weighted by Crippen LogP contribution is 2.22. The van der Waals surface area contributed by atoms with Crippen LogP contribution in [0.25, 0.3) is 0 Å². The van der Waals surface area contributed by atoms with E-state index in [1.165, 1.54) is 0 Å². The van der Waals surface area contributed by atoms with E-state index in [0.29, 0.717) is 0 Å². The quantitative estimate of drug-likeness (QED) is 0.893. The van der Waals surface area contributed by atoms with E-state index in [9.17, 15) is 4.79 Å². The summed E-state index contributed by atoms with van der Waals surface area (Å²) in [6.45, 7) is 5.73. The van der Waals surface area contributed by atoms with Gasteiger partial charge in [-0.25, -0.2) is 4.79 Å². The number of carboxylic acids is 1. The summed E-state index contributed by atoms with van der Waals surface area (Å²) in [4.78, 5) is 11.1. The molecule has 0 bridgehead atoms. The Morgan fingerprint density at radius 3 is 2.50 bits per heavy atom. The summed E-state index contributed by atoms with van der Waals surface area (Å²) < 4.78 is 0.993. The van der Waals surface area contributed by atoms with E-state index in [1.54, 1.807) is 0 Å². The van der Waals surface area contributed by atoms with E-state index in [0.717, 1.165) is 15.7 Å². The van der Waals surface area contributed by atoms with Crippen LogP contribution in [0.15, 0.2) is 22.7 Å². The van der Waals surface area contributed by atoms with E-state index in [1.807, 2.05) is 39.0 Å². The standard InChI is InChI=1S/C12H16BrNO2/c1-7(2)11(12(15)16)14-10-5-4-9(13)6-8(10)3/h4-7,11,14H,1-3H3,(H,15,16). The van der Waals surface area contributed by atoms with Gasteiger partial charge in [-0.1, -0.05) is 29.8 Å². The first-order valence-corrected chi connectivity index (χ1v) is 5.96. The minimum Gasteiger partial charge on any atom is -0.480 e. The molecule has 0 heterocycles. The number of aliphatic carboxylic acids is 1. The third-order valence-electron chi connectivity index (χ3n) is 2.43. The zero-order valence-corrected chi connectivity index (χ0v) is 11.2. The van der Waals surface area contributed by atoms with Crippen LogP contribution in [0.5, 0.6) is 0 Å². The number of nitrogens with one attached hydrogen (secondary N) is 1. The molecule has 1 rings (SSSR count). The Bertz CT molecular complexity index is 391. The predicted octanol–water partition coefficient (Wildman–Crippen LogP) is 3.28. The summed E-state index contributed by atoms with van der Waals surface area (Å²) in [5.41, 5.74) is 1.89. The molecule has 0 radical (unpaired) electrons. The lowest BCUT2D eigenvalue weighted by Gasteiger charge is -2.20. The van der Waals surface area contributed by atoms with Gasteiger partial charge >= 0.3 is 5.97 Å². The number of aryl methyl sites for hydroxylation is 1. The van der Waals surface area contributed by atoms with Crippen molar-refractivity contribution in [3.8, 4) is 0 Å². The molecule has 0 aliphatic rings. The second kappa shape index (κ2) is 5.34. The third-order valence-corrected chi connectivity index (χ3v) is 2.93. The molecule has 0 fully saturated rings. The fraction of sp³-hybridized carbons (Fsp3) is 0.417. The molecule has 0 aliphatic heterocycles. The zero-order valence-electron chi connectivity index (χ0n) is 9.62. The third kappa shape index (κ3) is 3.23. The number of anilines is 1. The van der Waals surface area contributed by atoms with Crippen LogP contribution in [-0.2, 0) is 4.79 Å². The lowest BCUT2D eigenvalue weighted by Crippen LogP contribution is -2.34. The van der Waals surface area contributed by atoms with Crippen molar-refractivity contribution in [2.75, 3.05) is 5.32 Å². The molecule has 0 spiro atoms. The number of carbonyl (C=O) groups is 1. The van der Waals surface area contributed by atoms with Crippen LogP contribution in [0.4, 0.5) is 5.69 Å². The van der Waals surface area contributed by atoms with Crippen LogP contribution in [0.2, 0.25) is 0 Å². The van der Waals surface area contributed by atoms with E-state index in [4.69, 9.17) is 5.11 Å². The Balaban J connectivity index is 2.90. The van der Waals surface area contributed by atoms with Gasteiger partial charge in [0.1, 0.15) is 6.04 Å². The molecule has 1 atom stereocenters. The van der Waals surface area contributed by atoms with Gasteiger partial charge < -0.3 is 10.4 Å². The SMILES string of the molecule is Cc1cc(Br)ccc1NC(C(=O)O)C(C)C. The van der Waals surface area contributed by atoms with Gasteiger partial charge in [0.25, 0.3) is 0 Å². The van der Waals surface area contributed by atoms with E-state index in [-0.39, 0.29) is 5.92 Å². The molecule has 1 aromatic carbocycles. The second-order valence-electron chi connectivity index (χ2n) is 4.16. The zero-order chi connectivity index (χ0) is 12.3. The first kappa shape index (κ1) is 13.0. The summed E-state index contributed by atoms with van der Waals surface area (Å²) in [7, 11) is 0. The topological polar surface area (TPSA) is 49.3 Å². The van der Waals surface area contributed by atoms with Crippen LogP contribution in [0.3, 0.4) is 0 Å². The minimum absolute atomic E-state index is 0.0422. The molecule has 4 heteroatoms. The number of carboxylic acid groups (broad SMARTS) is 1. The molecule has 0 aliphatic carbocycles. The number of benzene rings is 1. The fourth-order valence-electron chi connectivity index (χ4n) is 1.47. The molecule has 3 nitrogen and oxygen atoms in total. The van der Waals surface area contributed by atoms with Crippen molar-refractivity contribution < 1.29 is 9.90 Å². The van der Waals surface area contributed by atoms with Gasteiger partial charge in [-0.2, -0.15) is 0 Å². The number of rotatable bonds is 4. The molecular formula is C12H16BrNO2. The Hall–Kier alpha value is -1.03. The van der Waals surface area contributed by atoms with Gasteiger partial charge in [0.05, 0.1) is 0 Å². The van der Waals surface area contributed by atoms with Crippen LogP contribution in [0, 0.1) is 12.8 Å². The highest BCUT2D eigenvalue weighted by atomic mass is 79.9. The highest BCUT2D eigenvalue weighted by molar-refractivity contribution is 9.10. The van der Waals surface area contributed by atoms with Crippen molar-refractivity contribution in [2.24, 2.45) is 5.92 Å².